The first-order valence-electron chi connectivity index (χ1n) is 12.0. The van der Waals surface area contributed by atoms with Gasteiger partial charge in [-0.1, -0.05) is 0 Å². The summed E-state index contributed by atoms with van der Waals surface area (Å²) < 4.78 is 60.0. The van der Waals surface area contributed by atoms with Crippen LogP contribution in [0, 0.1) is 6.92 Å². The lowest BCUT2D eigenvalue weighted by molar-refractivity contribution is -0.136. The smallest absolute Gasteiger partial charge is 0.409 e. The normalized spacial score (nSPS) is 14.8. The van der Waals surface area contributed by atoms with Gasteiger partial charge in [0.05, 0.1) is 18.0 Å². The summed E-state index contributed by atoms with van der Waals surface area (Å²) in [6.07, 6.45) is -5.20. The molecule has 1 fully saturated rings. The minimum Gasteiger partial charge on any atom is -0.450 e. The standard InChI is InChI=1S/C23H26F4N8O4/c1-4-39-23(38)33-7-5-32(6-8-33)22(37)13(3)34-11-16(12(2)30-34)29-21(36)15-10-18-28-14(19(24)25)9-17(20(26)27)35(18)31-15/h9-11,13,19-20H,4-8H2,1-3H3,(H,29,36). The van der Waals surface area contributed by atoms with Crippen molar-refractivity contribution in [2.75, 3.05) is 38.1 Å². The number of anilines is 1. The third-order valence-electron chi connectivity index (χ3n) is 6.19. The maximum Gasteiger partial charge on any atom is 0.409 e. The molecule has 0 aromatic carbocycles. The van der Waals surface area contributed by atoms with E-state index in [1.807, 2.05) is 0 Å². The van der Waals surface area contributed by atoms with Crippen LogP contribution in [0.25, 0.3) is 5.65 Å². The van der Waals surface area contributed by atoms with Crippen LogP contribution in [0.5, 0.6) is 0 Å². The van der Waals surface area contributed by atoms with E-state index in [2.05, 4.69) is 20.5 Å². The summed E-state index contributed by atoms with van der Waals surface area (Å²) in [6, 6.07) is 0.833. The first-order chi connectivity index (χ1) is 18.5. The third-order valence-corrected chi connectivity index (χ3v) is 6.19. The molecular weight excluding hydrogens is 528 g/mol. The molecule has 4 heterocycles. The molecule has 210 valence electrons. The van der Waals surface area contributed by atoms with Gasteiger partial charge in [0.1, 0.15) is 17.4 Å². The highest BCUT2D eigenvalue weighted by Crippen LogP contribution is 2.26. The fourth-order valence-electron chi connectivity index (χ4n) is 4.09. The Morgan fingerprint density at radius 1 is 1.03 bits per heavy atom. The van der Waals surface area contributed by atoms with E-state index in [0.717, 1.165) is 6.07 Å². The number of halogens is 4. The van der Waals surface area contributed by atoms with E-state index in [4.69, 9.17) is 4.74 Å². The first-order valence-corrected chi connectivity index (χ1v) is 12.0. The van der Waals surface area contributed by atoms with Crippen LogP contribution in [0.4, 0.5) is 28.0 Å². The summed E-state index contributed by atoms with van der Waals surface area (Å²) in [6.45, 7) is 6.51. The Bertz CT molecular complexity index is 1380. The van der Waals surface area contributed by atoms with E-state index in [9.17, 15) is 31.9 Å². The van der Waals surface area contributed by atoms with Crippen molar-refractivity contribution in [2.45, 2.75) is 39.7 Å². The van der Waals surface area contributed by atoms with Gasteiger partial charge in [-0.05, 0) is 26.8 Å². The van der Waals surface area contributed by atoms with Crippen molar-refractivity contribution >= 4 is 29.2 Å². The second kappa shape index (κ2) is 11.2. The quantitative estimate of drug-likeness (QED) is 0.445. The second-order valence-corrected chi connectivity index (χ2v) is 8.76. The number of fused-ring (bicyclic) bond motifs is 1. The summed E-state index contributed by atoms with van der Waals surface area (Å²) >= 11 is 0. The minimum atomic E-state index is -3.13. The zero-order chi connectivity index (χ0) is 28.4. The third kappa shape index (κ3) is 5.78. The average molecular weight is 555 g/mol. The van der Waals surface area contributed by atoms with Crippen LogP contribution in [0.15, 0.2) is 18.3 Å². The fraction of sp³-hybridized carbons (Fsp3) is 0.478. The predicted octanol–water partition coefficient (Wildman–Crippen LogP) is 3.22. The van der Waals surface area contributed by atoms with Crippen molar-refractivity contribution < 1.29 is 36.7 Å². The number of rotatable bonds is 7. The molecule has 1 aliphatic heterocycles. The summed E-state index contributed by atoms with van der Waals surface area (Å²) in [5, 5.41) is 10.7. The van der Waals surface area contributed by atoms with Gasteiger partial charge >= 0.3 is 6.09 Å². The summed E-state index contributed by atoms with van der Waals surface area (Å²) in [5.74, 6) is -1.05. The van der Waals surface area contributed by atoms with Crippen LogP contribution in [0.3, 0.4) is 0 Å². The largest absolute Gasteiger partial charge is 0.450 e. The molecule has 1 aliphatic rings. The number of carbonyl (C=O) groups excluding carboxylic acids is 3. The van der Waals surface area contributed by atoms with Crippen LogP contribution >= 0.6 is 0 Å². The molecule has 16 heteroatoms. The molecule has 12 nitrogen and oxygen atoms in total. The number of carbonyl (C=O) groups is 3. The van der Waals surface area contributed by atoms with E-state index in [0.29, 0.717) is 42.5 Å². The molecule has 3 aromatic heterocycles. The summed E-state index contributed by atoms with van der Waals surface area (Å²) in [7, 11) is 0. The minimum absolute atomic E-state index is 0.235. The van der Waals surface area contributed by atoms with Gasteiger partial charge in [-0.25, -0.2) is 31.9 Å². The number of piperazine rings is 1. The monoisotopic (exact) mass is 554 g/mol. The molecule has 0 aliphatic carbocycles. The van der Waals surface area contributed by atoms with Gasteiger partial charge in [-0.2, -0.15) is 10.2 Å². The summed E-state index contributed by atoms with van der Waals surface area (Å²) in [5.41, 5.74) is -1.74. The Hall–Kier alpha value is -4.24. The van der Waals surface area contributed by atoms with Gasteiger partial charge < -0.3 is 19.9 Å². The number of aromatic nitrogens is 5. The van der Waals surface area contributed by atoms with Gasteiger partial charge in [0.2, 0.25) is 5.91 Å². The molecule has 0 saturated carbocycles. The van der Waals surface area contributed by atoms with Gasteiger partial charge in [-0.15, -0.1) is 0 Å². The molecule has 1 unspecified atom stereocenters. The highest BCUT2D eigenvalue weighted by Gasteiger charge is 2.29. The molecule has 4 rings (SSSR count). The molecule has 3 aromatic rings. The molecule has 1 saturated heterocycles. The number of alkyl halides is 4. The molecule has 0 bridgehead atoms. The predicted molar refractivity (Wildman–Crippen MR) is 128 cm³/mol. The lowest BCUT2D eigenvalue weighted by atomic mass is 10.2. The SMILES string of the molecule is CCOC(=O)N1CCN(C(=O)C(C)n2cc(NC(=O)c3cc4nc(C(F)F)cc(C(F)F)n4n3)c(C)n2)CC1. The highest BCUT2D eigenvalue weighted by molar-refractivity contribution is 6.03. The van der Waals surface area contributed by atoms with E-state index in [1.54, 1.807) is 25.7 Å². The van der Waals surface area contributed by atoms with Gasteiger partial charge in [-0.3, -0.25) is 14.3 Å². The number of nitrogens with zero attached hydrogens (tertiary/aromatic N) is 7. The van der Waals surface area contributed by atoms with Crippen LogP contribution < -0.4 is 5.32 Å². The second-order valence-electron chi connectivity index (χ2n) is 8.76. The van der Waals surface area contributed by atoms with Crippen molar-refractivity contribution in [1.82, 2.24) is 34.2 Å². The van der Waals surface area contributed by atoms with Crippen molar-refractivity contribution in [3.63, 3.8) is 0 Å². The van der Waals surface area contributed by atoms with Crippen molar-refractivity contribution in [2.24, 2.45) is 0 Å². The Labute approximate surface area is 219 Å². The van der Waals surface area contributed by atoms with Gasteiger partial charge in [0, 0.05) is 38.4 Å². The Balaban J connectivity index is 1.46. The maximum absolute atomic E-state index is 13.4. The summed E-state index contributed by atoms with van der Waals surface area (Å²) in [4.78, 5) is 44.5. The Morgan fingerprint density at radius 2 is 1.69 bits per heavy atom. The number of hydrogen-bond acceptors (Lipinski definition) is 7. The van der Waals surface area contributed by atoms with Crippen LogP contribution in [0.2, 0.25) is 0 Å². The van der Waals surface area contributed by atoms with Crippen molar-refractivity contribution in [1.29, 1.82) is 0 Å². The zero-order valence-electron chi connectivity index (χ0n) is 21.3. The number of ether oxygens (including phenoxy) is 1. The van der Waals surface area contributed by atoms with Crippen molar-refractivity contribution in [3.05, 3.63) is 41.1 Å². The van der Waals surface area contributed by atoms with Crippen molar-refractivity contribution in [3.8, 4) is 0 Å². The molecule has 0 spiro atoms. The molecule has 0 radical (unpaired) electrons. The zero-order valence-corrected chi connectivity index (χ0v) is 21.3. The van der Waals surface area contributed by atoms with Crippen LogP contribution in [-0.2, 0) is 9.53 Å². The topological polar surface area (TPSA) is 127 Å². The number of nitrogens with one attached hydrogen (secondary N) is 1. The van der Waals surface area contributed by atoms with E-state index >= 15 is 0 Å². The Morgan fingerprint density at radius 3 is 2.31 bits per heavy atom. The molecule has 3 amide bonds. The molecule has 1 N–H and O–H groups in total. The van der Waals surface area contributed by atoms with Crippen LogP contribution in [-0.4, -0.2) is 84.9 Å². The number of hydrogen-bond donors (Lipinski definition) is 1. The Kier molecular flexibility index (Phi) is 8.01. The van der Waals surface area contributed by atoms with Gasteiger partial charge in [0.25, 0.3) is 18.8 Å². The van der Waals surface area contributed by atoms with E-state index in [1.165, 1.54) is 15.8 Å². The molecule has 1 atom stereocenters. The molecular formula is C23H26F4N8O4. The lowest BCUT2D eigenvalue weighted by Gasteiger charge is -2.35. The average Bonchev–Trinajstić information content (AvgIpc) is 3.50. The number of amides is 3. The van der Waals surface area contributed by atoms with Gasteiger partial charge in [0.15, 0.2) is 11.3 Å². The van der Waals surface area contributed by atoms with E-state index < -0.39 is 42.3 Å². The highest BCUT2D eigenvalue weighted by atomic mass is 19.3. The number of aryl methyl sites for hydroxylation is 1. The first kappa shape index (κ1) is 27.8. The van der Waals surface area contributed by atoms with Crippen LogP contribution in [0.1, 0.15) is 60.3 Å². The maximum atomic E-state index is 13.4. The molecule has 39 heavy (non-hydrogen) atoms. The lowest BCUT2D eigenvalue weighted by Crippen LogP contribution is -2.52. The van der Waals surface area contributed by atoms with E-state index in [-0.39, 0.29) is 29.5 Å². The fourth-order valence-corrected chi connectivity index (χ4v) is 4.09.